The number of likely N-dealkylation sites (tertiary alicyclic amines) is 1. The lowest BCUT2D eigenvalue weighted by atomic mass is 10.0. The molecule has 4 rings (SSSR count). The van der Waals surface area contributed by atoms with Crippen LogP contribution >= 0.6 is 0 Å². The zero-order valence-corrected chi connectivity index (χ0v) is 22.9. The molecule has 8 nitrogen and oxygen atoms in total. The lowest BCUT2D eigenvalue weighted by molar-refractivity contribution is -0.140. The second-order valence-electron chi connectivity index (χ2n) is 9.43. The predicted octanol–water partition coefficient (Wildman–Crippen LogP) is 4.99. The Kier molecular flexibility index (Phi) is 10.4. The average Bonchev–Trinajstić information content (AvgIpc) is 2.93. The van der Waals surface area contributed by atoms with Crippen molar-refractivity contribution in [2.75, 3.05) is 43.6 Å². The van der Waals surface area contributed by atoms with Gasteiger partial charge in [-0.3, -0.25) is 10.2 Å². The number of nitrogens with two attached hydrogens (primary N) is 1. The van der Waals surface area contributed by atoms with Crippen LogP contribution in [-0.2, 0) is 6.18 Å². The van der Waals surface area contributed by atoms with E-state index >= 15 is 0 Å². The number of aldehydes is 1. The summed E-state index contributed by atoms with van der Waals surface area (Å²) in [5, 5.41) is 15.0. The zero-order chi connectivity index (χ0) is 30.2. The van der Waals surface area contributed by atoms with E-state index in [1.54, 1.807) is 0 Å². The Labute approximate surface area is 235 Å². The molecule has 3 aromatic rings. The highest BCUT2D eigenvalue weighted by Gasteiger charge is 2.34. The molecule has 216 valence electrons. The van der Waals surface area contributed by atoms with Crippen molar-refractivity contribution in [3.63, 3.8) is 0 Å². The third-order valence-corrected chi connectivity index (χ3v) is 6.50. The number of nitrogens with one attached hydrogen (secondary N) is 3. The molecule has 5 N–H and O–H groups in total. The maximum atomic E-state index is 12.8. The lowest BCUT2D eigenvalue weighted by Crippen LogP contribution is -2.37. The fourth-order valence-electron chi connectivity index (χ4n) is 4.07. The predicted molar refractivity (Wildman–Crippen MR) is 152 cm³/mol. The van der Waals surface area contributed by atoms with Gasteiger partial charge in [0.2, 0.25) is 0 Å². The number of nitrogen functional groups attached to an aromatic ring is 1. The molecule has 0 unspecified atom stereocenters. The van der Waals surface area contributed by atoms with Crippen LogP contribution in [0.4, 0.5) is 34.9 Å². The molecular weight excluding hydrogens is 538 g/mol. The molecule has 0 saturated carbocycles. The first-order valence-corrected chi connectivity index (χ1v) is 12.7. The van der Waals surface area contributed by atoms with Crippen molar-refractivity contribution < 1.29 is 22.4 Å². The van der Waals surface area contributed by atoms with Gasteiger partial charge in [-0.2, -0.15) is 13.2 Å². The van der Waals surface area contributed by atoms with E-state index in [0.29, 0.717) is 23.5 Å². The number of aromatic nitrogens is 2. The van der Waals surface area contributed by atoms with Gasteiger partial charge in [0.05, 0.1) is 16.7 Å². The Morgan fingerprint density at radius 2 is 1.90 bits per heavy atom. The van der Waals surface area contributed by atoms with E-state index in [0.717, 1.165) is 54.9 Å². The van der Waals surface area contributed by atoms with Crippen LogP contribution in [0.3, 0.4) is 0 Å². The van der Waals surface area contributed by atoms with Crippen molar-refractivity contribution >= 4 is 29.3 Å². The molecule has 41 heavy (non-hydrogen) atoms. The molecule has 0 aliphatic carbocycles. The SMILES string of the molecule is CNc1ccc(C)c(C#CC(=N)c2c(N)ncnc2NC2CCN(C)CC2)c1.O=Cc1cccc(C(F)(F)F)c1F. The molecule has 1 saturated heterocycles. The van der Waals surface area contributed by atoms with Crippen molar-refractivity contribution in [2.45, 2.75) is 32.0 Å². The minimum Gasteiger partial charge on any atom is -0.388 e. The number of carbonyl (C=O) groups excluding carboxylic acids is 1. The normalized spacial score (nSPS) is 13.7. The summed E-state index contributed by atoms with van der Waals surface area (Å²) in [5.41, 5.74) is 7.56. The van der Waals surface area contributed by atoms with Crippen LogP contribution < -0.4 is 16.4 Å². The first-order chi connectivity index (χ1) is 19.4. The summed E-state index contributed by atoms with van der Waals surface area (Å²) in [6.45, 7) is 4.07. The second-order valence-corrected chi connectivity index (χ2v) is 9.43. The Bertz CT molecular complexity index is 1460. The zero-order valence-electron chi connectivity index (χ0n) is 22.9. The van der Waals surface area contributed by atoms with Gasteiger partial charge >= 0.3 is 6.18 Å². The van der Waals surface area contributed by atoms with E-state index in [9.17, 15) is 22.4 Å². The van der Waals surface area contributed by atoms with Crippen LogP contribution in [0.5, 0.6) is 0 Å². The van der Waals surface area contributed by atoms with Crippen LogP contribution in [0.1, 0.15) is 45.5 Å². The van der Waals surface area contributed by atoms with Crippen LogP contribution in [-0.4, -0.2) is 60.1 Å². The summed E-state index contributed by atoms with van der Waals surface area (Å²) < 4.78 is 48.8. The van der Waals surface area contributed by atoms with Crippen molar-refractivity contribution in [3.05, 3.63) is 76.4 Å². The van der Waals surface area contributed by atoms with Crippen LogP contribution in [0.15, 0.2) is 42.7 Å². The van der Waals surface area contributed by atoms with Gasteiger partial charge in [0.1, 0.15) is 29.5 Å². The number of anilines is 3. The maximum Gasteiger partial charge on any atom is 0.419 e. The molecular formula is C29H31F4N7O. The van der Waals surface area contributed by atoms with E-state index in [1.807, 2.05) is 32.2 Å². The van der Waals surface area contributed by atoms with E-state index in [-0.39, 0.29) is 17.8 Å². The van der Waals surface area contributed by atoms with E-state index in [4.69, 9.17) is 11.1 Å². The highest BCUT2D eigenvalue weighted by molar-refractivity contribution is 6.16. The van der Waals surface area contributed by atoms with E-state index in [2.05, 4.69) is 44.4 Å². The summed E-state index contributed by atoms with van der Waals surface area (Å²) in [6.07, 6.45) is -1.24. The third kappa shape index (κ3) is 8.25. The summed E-state index contributed by atoms with van der Waals surface area (Å²) in [6, 6.07) is 8.83. The lowest BCUT2D eigenvalue weighted by Gasteiger charge is -2.30. The number of rotatable bonds is 5. The van der Waals surface area contributed by atoms with Gasteiger partial charge in [0, 0.05) is 24.3 Å². The van der Waals surface area contributed by atoms with Gasteiger partial charge < -0.3 is 21.3 Å². The summed E-state index contributed by atoms with van der Waals surface area (Å²) >= 11 is 0. The minimum atomic E-state index is -4.76. The van der Waals surface area contributed by atoms with Crippen molar-refractivity contribution in [2.24, 2.45) is 0 Å². The van der Waals surface area contributed by atoms with Gasteiger partial charge in [-0.1, -0.05) is 18.1 Å². The monoisotopic (exact) mass is 569 g/mol. The molecule has 1 fully saturated rings. The molecule has 12 heteroatoms. The van der Waals surface area contributed by atoms with Gasteiger partial charge in [0.25, 0.3) is 0 Å². The van der Waals surface area contributed by atoms with Crippen molar-refractivity contribution in [1.82, 2.24) is 14.9 Å². The number of hydrogen-bond donors (Lipinski definition) is 4. The number of aryl methyl sites for hydroxylation is 1. The van der Waals surface area contributed by atoms with Crippen LogP contribution in [0.2, 0.25) is 0 Å². The summed E-state index contributed by atoms with van der Waals surface area (Å²) in [7, 11) is 3.99. The van der Waals surface area contributed by atoms with Gasteiger partial charge in [-0.15, -0.1) is 0 Å². The summed E-state index contributed by atoms with van der Waals surface area (Å²) in [5.74, 6) is 5.35. The number of benzene rings is 2. The van der Waals surface area contributed by atoms with Gasteiger partial charge in [0.15, 0.2) is 6.29 Å². The standard InChI is InChI=1S/C21H27N7.C8H4F4O/c1-14-4-6-17(24-2)12-15(14)5-7-18(22)19-20(23)25-13-26-21(19)27-16-8-10-28(3)11-9-16;9-7-5(4-13)2-1-3-6(7)8(10,11)12/h4,6,12-13,16,22,24H,8-11H2,1-3H3,(H3,23,25,26,27);1-4H. The van der Waals surface area contributed by atoms with E-state index in [1.165, 1.54) is 6.33 Å². The largest absolute Gasteiger partial charge is 0.419 e. The summed E-state index contributed by atoms with van der Waals surface area (Å²) in [4.78, 5) is 20.8. The molecule has 0 spiro atoms. The molecule has 1 aliphatic heterocycles. The third-order valence-electron chi connectivity index (χ3n) is 6.50. The number of nitrogens with zero attached hydrogens (tertiary/aromatic N) is 3. The quantitative estimate of drug-likeness (QED) is 0.148. The minimum absolute atomic E-state index is 0.0462. The fourth-order valence-corrected chi connectivity index (χ4v) is 4.07. The smallest absolute Gasteiger partial charge is 0.388 e. The van der Waals surface area contributed by atoms with Gasteiger partial charge in [-0.05, 0) is 75.7 Å². The van der Waals surface area contributed by atoms with Crippen LogP contribution in [0, 0.1) is 30.0 Å². The average molecular weight is 570 g/mol. The van der Waals surface area contributed by atoms with Crippen molar-refractivity contribution in [3.8, 4) is 11.8 Å². The molecule has 2 aromatic carbocycles. The number of piperidine rings is 1. The Morgan fingerprint density at radius 3 is 2.54 bits per heavy atom. The molecule has 0 amide bonds. The van der Waals surface area contributed by atoms with Gasteiger partial charge in [-0.25, -0.2) is 14.4 Å². The van der Waals surface area contributed by atoms with Crippen molar-refractivity contribution in [1.29, 1.82) is 5.41 Å². The van der Waals surface area contributed by atoms with E-state index < -0.39 is 23.1 Å². The molecule has 0 bridgehead atoms. The Morgan fingerprint density at radius 1 is 1.20 bits per heavy atom. The Hall–Kier alpha value is -4.50. The second kappa shape index (κ2) is 13.7. The molecule has 1 aliphatic rings. The fraction of sp³-hybridized carbons (Fsp3) is 0.310. The molecule has 1 aromatic heterocycles. The number of alkyl halides is 3. The number of carbonyl (C=O) groups is 1. The van der Waals surface area contributed by atoms with Crippen LogP contribution in [0.25, 0.3) is 0 Å². The molecule has 2 heterocycles. The first kappa shape index (κ1) is 31.0. The molecule has 0 radical (unpaired) electrons. The number of halogens is 4. The molecule has 0 atom stereocenters. The maximum absolute atomic E-state index is 12.8. The highest BCUT2D eigenvalue weighted by atomic mass is 19.4. The Balaban J connectivity index is 0.000000298. The first-order valence-electron chi connectivity index (χ1n) is 12.7. The topological polar surface area (TPSA) is 120 Å². The highest BCUT2D eigenvalue weighted by Crippen LogP contribution is 2.32. The number of hydrogen-bond acceptors (Lipinski definition) is 8.